The van der Waals surface area contributed by atoms with Crippen LogP contribution >= 0.6 is 0 Å². The maximum Gasteiger partial charge on any atom is 0.257 e. The number of aromatic nitrogens is 2. The minimum atomic E-state index is -0.292. The van der Waals surface area contributed by atoms with E-state index in [1.807, 2.05) is 18.7 Å². The molecule has 1 fully saturated rings. The van der Waals surface area contributed by atoms with E-state index in [4.69, 9.17) is 0 Å². The molecule has 0 N–H and O–H groups in total. The third kappa shape index (κ3) is 3.95. The lowest BCUT2D eigenvalue weighted by molar-refractivity contribution is 0.0745. The van der Waals surface area contributed by atoms with Crippen molar-refractivity contribution in [2.45, 2.75) is 26.7 Å². The van der Waals surface area contributed by atoms with E-state index in [9.17, 15) is 9.18 Å². The molecular formula is C24H27FN4O. The number of piperazine rings is 1. The Balaban J connectivity index is 1.53. The number of hydrogen-bond donors (Lipinski definition) is 0. The van der Waals surface area contributed by atoms with Gasteiger partial charge in [-0.2, -0.15) is 5.10 Å². The number of nitrogens with zero attached hydrogens (tertiary/aromatic N) is 4. The van der Waals surface area contributed by atoms with Gasteiger partial charge in [0.1, 0.15) is 5.82 Å². The summed E-state index contributed by atoms with van der Waals surface area (Å²) in [5.41, 5.74) is 4.67. The Hall–Kier alpha value is -3.15. The fourth-order valence-electron chi connectivity index (χ4n) is 4.03. The van der Waals surface area contributed by atoms with Crippen LogP contribution in [0.4, 0.5) is 10.1 Å². The fourth-order valence-corrected chi connectivity index (χ4v) is 4.03. The molecular weight excluding hydrogens is 379 g/mol. The zero-order valence-electron chi connectivity index (χ0n) is 17.7. The Morgan fingerprint density at radius 3 is 2.33 bits per heavy atom. The number of rotatable bonds is 4. The summed E-state index contributed by atoms with van der Waals surface area (Å²) >= 11 is 0. The lowest BCUT2D eigenvalue weighted by Crippen LogP contribution is -2.49. The molecule has 2 aromatic carbocycles. The van der Waals surface area contributed by atoms with Crippen molar-refractivity contribution >= 4 is 11.6 Å². The van der Waals surface area contributed by atoms with Crippen molar-refractivity contribution in [1.29, 1.82) is 0 Å². The number of hydrogen-bond acceptors (Lipinski definition) is 3. The van der Waals surface area contributed by atoms with Gasteiger partial charge in [-0.15, -0.1) is 0 Å². The topological polar surface area (TPSA) is 41.4 Å². The Labute approximate surface area is 176 Å². The summed E-state index contributed by atoms with van der Waals surface area (Å²) in [5.74, 6) is -0.180. The third-order valence-electron chi connectivity index (χ3n) is 5.59. The number of carbonyl (C=O) groups excluding carboxylic acids is 1. The Morgan fingerprint density at radius 1 is 1.00 bits per heavy atom. The molecule has 0 aliphatic carbocycles. The molecule has 0 spiro atoms. The lowest BCUT2D eigenvalue weighted by Gasteiger charge is -2.36. The van der Waals surface area contributed by atoms with Gasteiger partial charge >= 0.3 is 0 Å². The molecule has 156 valence electrons. The SMILES string of the molecule is Cc1cccc(N2CCN(C(=O)c3cnn(-c4ccc(F)cc4)c3C(C)C)CC2)c1. The van der Waals surface area contributed by atoms with Crippen LogP contribution in [0.25, 0.3) is 5.69 Å². The molecule has 2 heterocycles. The first-order chi connectivity index (χ1) is 14.4. The fraction of sp³-hybridized carbons (Fsp3) is 0.333. The van der Waals surface area contributed by atoms with Crippen LogP contribution in [0, 0.1) is 12.7 Å². The van der Waals surface area contributed by atoms with Crippen LogP contribution in [0.1, 0.15) is 41.4 Å². The summed E-state index contributed by atoms with van der Waals surface area (Å²) in [6, 6.07) is 14.7. The Kier molecular flexibility index (Phi) is 5.57. The second kappa shape index (κ2) is 8.30. The first-order valence-electron chi connectivity index (χ1n) is 10.4. The lowest BCUT2D eigenvalue weighted by atomic mass is 10.0. The van der Waals surface area contributed by atoms with Gasteiger partial charge in [-0.25, -0.2) is 9.07 Å². The third-order valence-corrected chi connectivity index (χ3v) is 5.59. The van der Waals surface area contributed by atoms with Crippen LogP contribution < -0.4 is 4.90 Å². The molecule has 30 heavy (non-hydrogen) atoms. The molecule has 6 heteroatoms. The van der Waals surface area contributed by atoms with Crippen LogP contribution in [0.15, 0.2) is 54.7 Å². The highest BCUT2D eigenvalue weighted by Crippen LogP contribution is 2.25. The van der Waals surface area contributed by atoms with E-state index in [0.29, 0.717) is 18.7 Å². The molecule has 0 saturated carbocycles. The monoisotopic (exact) mass is 406 g/mol. The van der Waals surface area contributed by atoms with Crippen molar-refractivity contribution in [2.75, 3.05) is 31.1 Å². The van der Waals surface area contributed by atoms with E-state index in [-0.39, 0.29) is 17.6 Å². The van der Waals surface area contributed by atoms with Gasteiger partial charge in [0, 0.05) is 31.9 Å². The van der Waals surface area contributed by atoms with Gasteiger partial charge in [0.15, 0.2) is 0 Å². The predicted octanol–water partition coefficient (Wildman–Crippen LogP) is 4.41. The van der Waals surface area contributed by atoms with Crippen molar-refractivity contribution in [3.05, 3.63) is 77.4 Å². The van der Waals surface area contributed by atoms with E-state index < -0.39 is 0 Å². The van der Waals surface area contributed by atoms with Crippen molar-refractivity contribution in [2.24, 2.45) is 0 Å². The zero-order valence-corrected chi connectivity index (χ0v) is 17.7. The second-order valence-corrected chi connectivity index (χ2v) is 8.10. The van der Waals surface area contributed by atoms with Crippen LogP contribution in [0.5, 0.6) is 0 Å². The van der Waals surface area contributed by atoms with Crippen LogP contribution in [0.2, 0.25) is 0 Å². The standard InChI is InChI=1S/C24H27FN4O/c1-17(2)23-22(16-26-29(23)20-9-7-19(25)8-10-20)24(30)28-13-11-27(12-14-28)21-6-4-5-18(3)15-21/h4-10,15-17H,11-14H2,1-3H3. The summed E-state index contributed by atoms with van der Waals surface area (Å²) in [7, 11) is 0. The van der Waals surface area contributed by atoms with Gasteiger partial charge in [-0.1, -0.05) is 26.0 Å². The van der Waals surface area contributed by atoms with Gasteiger partial charge in [0.2, 0.25) is 0 Å². The largest absolute Gasteiger partial charge is 0.368 e. The molecule has 4 rings (SSSR count). The second-order valence-electron chi connectivity index (χ2n) is 8.10. The van der Waals surface area contributed by atoms with E-state index in [2.05, 4.69) is 41.2 Å². The summed E-state index contributed by atoms with van der Waals surface area (Å²) in [6.07, 6.45) is 1.65. The van der Waals surface area contributed by atoms with E-state index in [1.54, 1.807) is 23.0 Å². The van der Waals surface area contributed by atoms with Gasteiger partial charge < -0.3 is 9.80 Å². The molecule has 3 aromatic rings. The number of aryl methyl sites for hydroxylation is 1. The molecule has 1 amide bonds. The summed E-state index contributed by atoms with van der Waals surface area (Å²) < 4.78 is 15.1. The number of halogens is 1. The van der Waals surface area contributed by atoms with Crippen LogP contribution in [0.3, 0.4) is 0 Å². The predicted molar refractivity (Wildman–Crippen MR) is 117 cm³/mol. The first kappa shape index (κ1) is 20.1. The molecule has 0 unspecified atom stereocenters. The molecule has 0 atom stereocenters. The molecule has 5 nitrogen and oxygen atoms in total. The molecule has 1 saturated heterocycles. The highest BCUT2D eigenvalue weighted by Gasteiger charge is 2.27. The molecule has 1 aromatic heterocycles. The highest BCUT2D eigenvalue weighted by atomic mass is 19.1. The van der Waals surface area contributed by atoms with Gasteiger partial charge in [-0.05, 0) is 54.8 Å². The van der Waals surface area contributed by atoms with E-state index >= 15 is 0 Å². The molecule has 0 radical (unpaired) electrons. The number of benzene rings is 2. The molecule has 0 bridgehead atoms. The summed E-state index contributed by atoms with van der Waals surface area (Å²) in [4.78, 5) is 17.5. The summed E-state index contributed by atoms with van der Waals surface area (Å²) in [5, 5.41) is 4.46. The number of anilines is 1. The average Bonchev–Trinajstić information content (AvgIpc) is 3.19. The highest BCUT2D eigenvalue weighted by molar-refractivity contribution is 5.95. The minimum Gasteiger partial charge on any atom is -0.368 e. The van der Waals surface area contributed by atoms with Gasteiger partial charge in [0.05, 0.1) is 23.1 Å². The Bertz CT molecular complexity index is 1030. The number of amides is 1. The van der Waals surface area contributed by atoms with E-state index in [0.717, 1.165) is 24.5 Å². The van der Waals surface area contributed by atoms with Crippen LogP contribution in [-0.2, 0) is 0 Å². The van der Waals surface area contributed by atoms with Crippen molar-refractivity contribution in [3.63, 3.8) is 0 Å². The average molecular weight is 407 g/mol. The van der Waals surface area contributed by atoms with Crippen LogP contribution in [-0.4, -0.2) is 46.8 Å². The maximum atomic E-state index is 13.3. The van der Waals surface area contributed by atoms with Crippen molar-refractivity contribution < 1.29 is 9.18 Å². The Morgan fingerprint density at radius 2 is 1.70 bits per heavy atom. The zero-order chi connectivity index (χ0) is 21.3. The summed E-state index contributed by atoms with van der Waals surface area (Å²) in [6.45, 7) is 9.14. The van der Waals surface area contributed by atoms with Crippen molar-refractivity contribution in [1.82, 2.24) is 14.7 Å². The quantitative estimate of drug-likeness (QED) is 0.645. The molecule has 1 aliphatic heterocycles. The normalized spacial score (nSPS) is 14.4. The minimum absolute atomic E-state index is 0.0101. The van der Waals surface area contributed by atoms with Crippen molar-refractivity contribution in [3.8, 4) is 5.69 Å². The van der Waals surface area contributed by atoms with Gasteiger partial charge in [0.25, 0.3) is 5.91 Å². The first-order valence-corrected chi connectivity index (χ1v) is 10.4. The van der Waals surface area contributed by atoms with E-state index in [1.165, 1.54) is 23.4 Å². The molecule has 1 aliphatic rings. The maximum absolute atomic E-state index is 13.3. The van der Waals surface area contributed by atoms with Gasteiger partial charge in [-0.3, -0.25) is 4.79 Å². The smallest absolute Gasteiger partial charge is 0.257 e. The number of carbonyl (C=O) groups is 1.